The summed E-state index contributed by atoms with van der Waals surface area (Å²) in [6.45, 7) is 7.45. The molecule has 0 spiro atoms. The first kappa shape index (κ1) is 24.7. The number of benzene rings is 1. The summed E-state index contributed by atoms with van der Waals surface area (Å²) in [5.41, 5.74) is 2.69. The summed E-state index contributed by atoms with van der Waals surface area (Å²) in [5.74, 6) is 1.63. The average Bonchev–Trinajstić information content (AvgIpc) is 3.44. The van der Waals surface area contributed by atoms with Crippen LogP contribution in [-0.2, 0) is 7.05 Å². The lowest BCUT2D eigenvalue weighted by molar-refractivity contribution is 0.0963. The number of rotatable bonds is 6. The Morgan fingerprint density at radius 1 is 1.18 bits per heavy atom. The van der Waals surface area contributed by atoms with Gasteiger partial charge in [0.1, 0.15) is 11.6 Å². The Kier molecular flexibility index (Phi) is 8.86. The van der Waals surface area contributed by atoms with Gasteiger partial charge in [-0.25, -0.2) is 9.97 Å². The van der Waals surface area contributed by atoms with Gasteiger partial charge < -0.3 is 15.2 Å². The van der Waals surface area contributed by atoms with Crippen molar-refractivity contribution >= 4 is 23.3 Å². The molecule has 0 saturated carbocycles. The zero-order chi connectivity index (χ0) is 23.8. The van der Waals surface area contributed by atoms with E-state index in [1.807, 2.05) is 55.1 Å². The van der Waals surface area contributed by atoms with Crippen molar-refractivity contribution in [1.29, 1.82) is 0 Å². The normalized spacial score (nSPS) is 15.6. The number of likely N-dealkylation sites (N-methyl/N-ethyl adjacent to an activating group) is 1. The molecule has 1 saturated heterocycles. The van der Waals surface area contributed by atoms with E-state index in [2.05, 4.69) is 32.4 Å². The molecule has 1 aliphatic rings. The number of carbonyl (C=O) groups is 1. The molecule has 0 bridgehead atoms. The molecule has 176 valence electrons. The van der Waals surface area contributed by atoms with E-state index in [1.54, 1.807) is 19.3 Å². The average molecular weight is 469 g/mol. The Balaban J connectivity index is 0.000000194. The molecule has 4 rings (SSSR count). The van der Waals surface area contributed by atoms with Crippen LogP contribution in [0.4, 0.5) is 5.82 Å². The quantitative estimate of drug-likeness (QED) is 0.561. The lowest BCUT2D eigenvalue weighted by Crippen LogP contribution is -2.34. The lowest BCUT2D eigenvalue weighted by atomic mass is 10.2. The van der Waals surface area contributed by atoms with Crippen molar-refractivity contribution in [3.05, 3.63) is 65.1 Å². The number of imidazole rings is 1. The fourth-order valence-corrected chi connectivity index (χ4v) is 4.15. The van der Waals surface area contributed by atoms with Gasteiger partial charge in [-0.3, -0.25) is 9.69 Å². The minimum Gasteiger partial charge on any atom is -0.369 e. The van der Waals surface area contributed by atoms with Gasteiger partial charge in [-0.05, 0) is 57.1 Å². The van der Waals surface area contributed by atoms with Gasteiger partial charge in [-0.1, -0.05) is 30.7 Å². The molecule has 2 aromatic heterocycles. The lowest BCUT2D eigenvalue weighted by Gasteiger charge is -2.23. The molecular weight excluding hydrogens is 436 g/mol. The molecule has 3 aromatic rings. The summed E-state index contributed by atoms with van der Waals surface area (Å²) in [7, 11) is 3.61. The Bertz CT molecular complexity index is 1050. The van der Waals surface area contributed by atoms with Crippen molar-refractivity contribution < 1.29 is 4.79 Å². The van der Waals surface area contributed by atoms with E-state index in [4.69, 9.17) is 11.6 Å². The maximum Gasteiger partial charge on any atom is 0.252 e. The molecule has 2 N–H and O–H groups in total. The fourth-order valence-electron chi connectivity index (χ4n) is 3.93. The number of anilines is 1. The molecule has 8 heteroatoms. The minimum atomic E-state index is -0.105. The fraction of sp³-hybridized carbons (Fsp3) is 0.400. The molecular formula is C25H33ClN6O. The topological polar surface area (TPSA) is 75.1 Å². The van der Waals surface area contributed by atoms with E-state index >= 15 is 0 Å². The number of halogens is 1. The second kappa shape index (κ2) is 11.8. The number of aromatic nitrogens is 3. The van der Waals surface area contributed by atoms with Crippen molar-refractivity contribution in [3.8, 4) is 11.4 Å². The number of hydrogen-bond donors (Lipinski definition) is 2. The van der Waals surface area contributed by atoms with Gasteiger partial charge in [0.2, 0.25) is 0 Å². The summed E-state index contributed by atoms with van der Waals surface area (Å²) in [6, 6.07) is 12.0. The van der Waals surface area contributed by atoms with E-state index in [9.17, 15) is 4.79 Å². The Labute approximate surface area is 201 Å². The second-order valence-corrected chi connectivity index (χ2v) is 8.49. The third-order valence-electron chi connectivity index (χ3n) is 6.01. The molecule has 1 fully saturated rings. The molecule has 7 nitrogen and oxygen atoms in total. The standard InChI is InChI=1S/C14H22N4O.C11H11ClN2/c1-3-18-8-4-5-12(18)10-17-13-7-6-11(9-16-13)14(19)15-2;1-8-7-13-11(14(8)2)9-5-3-4-6-10(9)12/h6-7,9,12H,3-5,8,10H2,1-2H3,(H,15,19)(H,16,17);3-7H,1-2H3. The SMILES string of the molecule is CCN1CCCC1CNc1ccc(C(=O)NC)cn1.Cc1cnc(-c2ccccc2Cl)n1C. The Morgan fingerprint density at radius 3 is 2.58 bits per heavy atom. The van der Waals surface area contributed by atoms with Crippen molar-refractivity contribution in [3.63, 3.8) is 0 Å². The molecule has 1 amide bonds. The second-order valence-electron chi connectivity index (χ2n) is 8.08. The molecule has 1 aromatic carbocycles. The Hall–Kier alpha value is -2.90. The number of likely N-dealkylation sites (tertiary alicyclic amines) is 1. The van der Waals surface area contributed by atoms with Crippen LogP contribution in [0.25, 0.3) is 11.4 Å². The molecule has 3 heterocycles. The smallest absolute Gasteiger partial charge is 0.252 e. The number of nitrogens with zero attached hydrogens (tertiary/aromatic N) is 4. The number of hydrogen-bond acceptors (Lipinski definition) is 5. The number of pyridine rings is 1. The molecule has 0 radical (unpaired) electrons. The zero-order valence-corrected chi connectivity index (χ0v) is 20.6. The van der Waals surface area contributed by atoms with Crippen molar-refractivity contribution in [2.45, 2.75) is 32.7 Å². The van der Waals surface area contributed by atoms with Crippen LogP contribution in [0.2, 0.25) is 5.02 Å². The van der Waals surface area contributed by atoms with Gasteiger partial charge in [-0.15, -0.1) is 0 Å². The van der Waals surface area contributed by atoms with Crippen molar-refractivity contribution in [2.24, 2.45) is 7.05 Å². The first-order valence-electron chi connectivity index (χ1n) is 11.3. The minimum absolute atomic E-state index is 0.105. The number of carbonyl (C=O) groups excluding carboxylic acids is 1. The monoisotopic (exact) mass is 468 g/mol. The van der Waals surface area contributed by atoms with Gasteiger partial charge in [0.15, 0.2) is 0 Å². The van der Waals surface area contributed by atoms with Crippen LogP contribution in [0.1, 0.15) is 35.8 Å². The largest absolute Gasteiger partial charge is 0.369 e. The van der Waals surface area contributed by atoms with Crippen molar-refractivity contribution in [2.75, 3.05) is 32.0 Å². The predicted molar refractivity (Wildman–Crippen MR) is 135 cm³/mol. The van der Waals surface area contributed by atoms with E-state index in [1.165, 1.54) is 19.4 Å². The van der Waals surface area contributed by atoms with Gasteiger partial charge >= 0.3 is 0 Å². The number of nitrogens with one attached hydrogen (secondary N) is 2. The Morgan fingerprint density at radius 2 is 1.97 bits per heavy atom. The zero-order valence-electron chi connectivity index (χ0n) is 19.8. The number of aryl methyl sites for hydroxylation is 1. The summed E-state index contributed by atoms with van der Waals surface area (Å²) in [5, 5.41) is 6.67. The highest BCUT2D eigenvalue weighted by Gasteiger charge is 2.22. The van der Waals surface area contributed by atoms with Crippen LogP contribution in [0, 0.1) is 6.92 Å². The molecule has 1 atom stereocenters. The summed E-state index contributed by atoms with van der Waals surface area (Å²) >= 11 is 6.09. The van der Waals surface area contributed by atoms with Gasteiger partial charge in [0.25, 0.3) is 5.91 Å². The van der Waals surface area contributed by atoms with E-state index < -0.39 is 0 Å². The highest BCUT2D eigenvalue weighted by atomic mass is 35.5. The molecule has 0 aliphatic carbocycles. The first-order valence-corrected chi connectivity index (χ1v) is 11.7. The first-order chi connectivity index (χ1) is 15.9. The van der Waals surface area contributed by atoms with Crippen LogP contribution < -0.4 is 10.6 Å². The maximum absolute atomic E-state index is 11.4. The highest BCUT2D eigenvalue weighted by Crippen LogP contribution is 2.26. The molecule has 1 unspecified atom stereocenters. The summed E-state index contributed by atoms with van der Waals surface area (Å²) < 4.78 is 2.03. The third kappa shape index (κ3) is 6.33. The van der Waals surface area contributed by atoms with E-state index in [0.29, 0.717) is 11.6 Å². The van der Waals surface area contributed by atoms with Gasteiger partial charge in [0, 0.05) is 50.3 Å². The summed E-state index contributed by atoms with van der Waals surface area (Å²) in [4.78, 5) is 22.5. The predicted octanol–water partition coefficient (Wildman–Crippen LogP) is 4.39. The number of amides is 1. The van der Waals surface area contributed by atoms with Gasteiger partial charge in [-0.2, -0.15) is 0 Å². The summed E-state index contributed by atoms with van der Waals surface area (Å²) in [6.07, 6.45) is 5.98. The van der Waals surface area contributed by atoms with Crippen LogP contribution in [0.3, 0.4) is 0 Å². The van der Waals surface area contributed by atoms with E-state index in [0.717, 1.165) is 41.0 Å². The molecule has 33 heavy (non-hydrogen) atoms. The van der Waals surface area contributed by atoms with Crippen molar-refractivity contribution in [1.82, 2.24) is 24.8 Å². The van der Waals surface area contributed by atoms with Gasteiger partial charge in [0.05, 0.1) is 10.6 Å². The molecule has 1 aliphatic heterocycles. The third-order valence-corrected chi connectivity index (χ3v) is 6.34. The van der Waals surface area contributed by atoms with E-state index in [-0.39, 0.29) is 5.91 Å². The van der Waals surface area contributed by atoms with Crippen LogP contribution in [-0.4, -0.2) is 58.1 Å². The highest BCUT2D eigenvalue weighted by molar-refractivity contribution is 6.33. The maximum atomic E-state index is 11.4. The van der Waals surface area contributed by atoms with Crippen LogP contribution in [0.5, 0.6) is 0 Å². The van der Waals surface area contributed by atoms with Crippen LogP contribution in [0.15, 0.2) is 48.8 Å². The van der Waals surface area contributed by atoms with Crippen LogP contribution >= 0.6 is 11.6 Å².